The first-order valence-corrected chi connectivity index (χ1v) is 25.7. The molecule has 0 aliphatic heterocycles. The van der Waals surface area contributed by atoms with Gasteiger partial charge < -0.3 is 67.2 Å². The van der Waals surface area contributed by atoms with Crippen LogP contribution in [-0.2, 0) is 59.2 Å². The molecule has 1 heterocycles. The van der Waals surface area contributed by atoms with Crippen LogP contribution in [0.15, 0.2) is 46.1 Å². The number of hydrogen-bond donors (Lipinski definition) is 2. The Balaban J connectivity index is 2.23. The van der Waals surface area contributed by atoms with Crippen LogP contribution >= 0.6 is 11.3 Å². The Hall–Kier alpha value is -2.27. The number of hydrogen-bond acceptors (Lipinski definition) is 17. The van der Waals surface area contributed by atoms with Crippen LogP contribution in [0.1, 0.15) is 110 Å². The number of aliphatic hydroxyl groups excluding tert-OH is 2. The van der Waals surface area contributed by atoms with Crippen LogP contribution in [0.3, 0.4) is 0 Å². The molecule has 18 heteroatoms. The van der Waals surface area contributed by atoms with Crippen molar-refractivity contribution in [3.05, 3.63) is 35.8 Å². The maximum atomic E-state index is 12.5. The van der Waals surface area contributed by atoms with Crippen molar-refractivity contribution in [3.63, 3.8) is 0 Å². The van der Waals surface area contributed by atoms with Crippen LogP contribution in [0.4, 0.5) is 16.5 Å². The van der Waals surface area contributed by atoms with Crippen molar-refractivity contribution >= 4 is 27.8 Å². The van der Waals surface area contributed by atoms with E-state index >= 15 is 0 Å². The minimum absolute atomic E-state index is 0.0125. The molecule has 0 spiro atoms. The number of benzene rings is 1. The largest absolute Gasteiger partial charge is 0.408 e. The van der Waals surface area contributed by atoms with Crippen molar-refractivity contribution < 1.29 is 66.9 Å². The maximum Gasteiger partial charge on any atom is 0.408 e. The van der Waals surface area contributed by atoms with Gasteiger partial charge in [0.25, 0.3) is 0 Å². The molecule has 2 rings (SSSR count). The molecule has 17 nitrogen and oxygen atoms in total. The number of thiazole rings is 1. The number of rotatable bonds is 38. The molecule has 0 radical (unpaired) electrons. The molecule has 0 aliphatic rings. The third kappa shape index (κ3) is 29.7. The summed E-state index contributed by atoms with van der Waals surface area (Å²) >= 11 is 1.50. The van der Waals surface area contributed by atoms with E-state index in [4.69, 9.17) is 52.1 Å². The summed E-state index contributed by atoms with van der Waals surface area (Å²) < 4.78 is 69.1. The highest BCUT2D eigenvalue weighted by molar-refractivity contribution is 7.12. The lowest BCUT2D eigenvalue weighted by Crippen LogP contribution is -2.53. The number of nitrogens with zero attached hydrogens (tertiary/aromatic N) is 4. The first-order valence-electron chi connectivity index (χ1n) is 24.8. The van der Waals surface area contributed by atoms with Crippen LogP contribution in [-0.4, -0.2) is 168 Å². The zero-order chi connectivity index (χ0) is 51.6. The molecule has 1 aromatic heterocycles. The van der Waals surface area contributed by atoms with Crippen molar-refractivity contribution in [1.82, 2.24) is 0 Å². The lowest BCUT2D eigenvalue weighted by atomic mass is 10.1. The summed E-state index contributed by atoms with van der Waals surface area (Å²) in [5.74, 6) is 0. The maximum absolute atomic E-state index is 12.5. The lowest BCUT2D eigenvalue weighted by Gasteiger charge is -2.39. The van der Waals surface area contributed by atoms with Crippen LogP contribution in [0.5, 0.6) is 0 Å². The van der Waals surface area contributed by atoms with Crippen molar-refractivity contribution in [2.24, 2.45) is 17.3 Å². The van der Waals surface area contributed by atoms with E-state index in [9.17, 15) is 10.2 Å². The van der Waals surface area contributed by atoms with E-state index in [1.807, 2.05) is 142 Å². The van der Waals surface area contributed by atoms with Gasteiger partial charge in [-0.05, 0) is 144 Å². The number of azo groups is 1. The van der Waals surface area contributed by atoms with E-state index in [1.54, 1.807) is 6.92 Å². The van der Waals surface area contributed by atoms with Gasteiger partial charge in [-0.25, -0.2) is 4.57 Å². The summed E-state index contributed by atoms with van der Waals surface area (Å²) in [5.41, 5.74) is 0.298. The summed E-state index contributed by atoms with van der Waals surface area (Å²) in [6.07, 6.45) is -1.20. The second kappa shape index (κ2) is 33.5. The smallest absolute Gasteiger partial charge is 0.391 e. The fraction of sp³-hybridized carbons (Fsp3) is 0.824. The van der Waals surface area contributed by atoms with Crippen molar-refractivity contribution in [3.8, 4) is 0 Å². The number of aryl methyl sites for hydroxylation is 1. The number of aromatic nitrogens is 1. The minimum Gasteiger partial charge on any atom is -0.391 e. The summed E-state index contributed by atoms with van der Waals surface area (Å²) in [6, 6.07) is 7.55. The molecule has 69 heavy (non-hydrogen) atoms. The molecular weight excluding hydrogens is 909 g/mol. The molecule has 2 aromatic rings. The Morgan fingerprint density at radius 2 is 1.07 bits per heavy atom. The van der Waals surface area contributed by atoms with Crippen molar-refractivity contribution in [2.45, 2.75) is 189 Å². The highest BCUT2D eigenvalue weighted by atomic mass is 32.1. The van der Waals surface area contributed by atoms with E-state index in [0.29, 0.717) is 51.0 Å². The van der Waals surface area contributed by atoms with Crippen molar-refractivity contribution in [2.75, 3.05) is 84.1 Å². The van der Waals surface area contributed by atoms with Crippen LogP contribution in [0.25, 0.3) is 0 Å². The Bertz CT molecular complexity index is 1630. The molecular formula is C51H93N4O13S+. The second-order valence-electron chi connectivity index (χ2n) is 20.2. The van der Waals surface area contributed by atoms with E-state index in [0.717, 1.165) is 11.6 Å². The van der Waals surface area contributed by atoms with Gasteiger partial charge in [0.1, 0.15) is 18.0 Å². The molecule has 400 valence electrons. The summed E-state index contributed by atoms with van der Waals surface area (Å²) in [7, 11) is 1.93. The zero-order valence-corrected chi connectivity index (χ0v) is 45.9. The van der Waals surface area contributed by atoms with E-state index in [-0.39, 0.29) is 82.3 Å². The van der Waals surface area contributed by atoms with Crippen molar-refractivity contribution in [1.29, 1.82) is 0 Å². The molecule has 0 fully saturated rings. The van der Waals surface area contributed by atoms with Gasteiger partial charge in [0.05, 0.1) is 144 Å². The minimum atomic E-state index is -1.18. The Kier molecular flexibility index (Phi) is 30.5. The lowest BCUT2D eigenvalue weighted by molar-refractivity contribution is -0.654. The molecule has 0 amide bonds. The molecule has 0 bridgehead atoms. The summed E-state index contributed by atoms with van der Waals surface area (Å²) in [4.78, 5) is 1.87. The van der Waals surface area contributed by atoms with Gasteiger partial charge in [-0.3, -0.25) is 0 Å². The highest BCUT2D eigenvalue weighted by Crippen LogP contribution is 2.27. The number of anilines is 1. The predicted octanol–water partition coefficient (Wildman–Crippen LogP) is 8.14. The normalized spacial score (nSPS) is 17.5. The summed E-state index contributed by atoms with van der Waals surface area (Å²) in [6.45, 7) is 33.4. The average molecular weight is 1000 g/mol. The van der Waals surface area contributed by atoms with Gasteiger partial charge >= 0.3 is 5.13 Å². The fourth-order valence-corrected chi connectivity index (χ4v) is 6.91. The quantitative estimate of drug-likeness (QED) is 0.0375. The van der Waals surface area contributed by atoms with Gasteiger partial charge in [0, 0.05) is 24.2 Å². The first-order chi connectivity index (χ1) is 32.4. The SMILES string of the molecule is CCCOC(C)COC(C)COC(C)COCC(OC(C)(C)C)C(O)N(CC(COC(C)(C)C)OCC(C)OCC(C)OCC(C)OCC(C)OCC(C)O)c1ccc(N=Nc2scc[n+]2C)cc1. The van der Waals surface area contributed by atoms with Crippen LogP contribution in [0.2, 0.25) is 0 Å². The van der Waals surface area contributed by atoms with Crippen LogP contribution < -0.4 is 9.47 Å². The third-order valence-electron chi connectivity index (χ3n) is 9.96. The van der Waals surface area contributed by atoms with Gasteiger partial charge in [-0.1, -0.05) is 6.92 Å². The van der Waals surface area contributed by atoms with E-state index in [1.165, 1.54) is 11.3 Å². The molecule has 0 aliphatic carbocycles. The number of ether oxygens (including phenoxy) is 11. The van der Waals surface area contributed by atoms with Gasteiger partial charge in [0.2, 0.25) is 0 Å². The third-order valence-corrected chi connectivity index (χ3v) is 10.8. The topological polar surface area (TPSA) is 174 Å². The van der Waals surface area contributed by atoms with Gasteiger partial charge in [-0.15, -0.1) is 0 Å². The highest BCUT2D eigenvalue weighted by Gasteiger charge is 2.33. The molecule has 1 aromatic carbocycles. The monoisotopic (exact) mass is 1000 g/mol. The number of aliphatic hydroxyl groups is 2. The fourth-order valence-electron chi connectivity index (χ4n) is 6.23. The van der Waals surface area contributed by atoms with Gasteiger partial charge in [-0.2, -0.15) is 0 Å². The average Bonchev–Trinajstić information content (AvgIpc) is 3.71. The predicted molar refractivity (Wildman–Crippen MR) is 270 cm³/mol. The molecule has 2 N–H and O–H groups in total. The molecule has 0 saturated heterocycles. The van der Waals surface area contributed by atoms with Gasteiger partial charge in [0.15, 0.2) is 6.23 Å². The van der Waals surface area contributed by atoms with Crippen LogP contribution in [0, 0.1) is 0 Å². The summed E-state index contributed by atoms with van der Waals surface area (Å²) in [5, 5.41) is 33.6. The zero-order valence-electron chi connectivity index (χ0n) is 45.1. The van der Waals surface area contributed by atoms with E-state index in [2.05, 4.69) is 17.2 Å². The Morgan fingerprint density at radius 3 is 1.52 bits per heavy atom. The Morgan fingerprint density at radius 1 is 0.594 bits per heavy atom. The second-order valence-corrected chi connectivity index (χ2v) is 21.0. The molecule has 11 atom stereocenters. The first kappa shape index (κ1) is 62.8. The Labute approximate surface area is 419 Å². The molecule has 11 unspecified atom stereocenters. The molecule has 0 saturated carbocycles. The van der Waals surface area contributed by atoms with E-state index < -0.39 is 35.7 Å². The standard InChI is InChI=1S/C51H93N4O13S/c1-17-23-59-38(4)28-62-40(6)30-61-37(3)27-58-35-47(68-51(13,14)15)48(57)55(45-20-18-44(19-21-45)52-53-49-54(16)22-24-69-49)25-46(34-67-50(10,11)12)66-33-43(9)65-32-42(8)64-31-41(7)63-29-39(5)60-26-36(2)56/h18-22,24,36-43,46-48,56-57H,17,23,25-35H2,1-16H3/q+1.